The number of hydrogen-bond acceptors (Lipinski definition) is 2. The Balaban J connectivity index is 2.63. The molecule has 0 aromatic rings. The summed E-state index contributed by atoms with van der Waals surface area (Å²) >= 11 is 0. The second-order valence-electron chi connectivity index (χ2n) is 4.27. The van der Waals surface area contributed by atoms with Gasteiger partial charge in [-0.05, 0) is 32.2 Å². The van der Waals surface area contributed by atoms with Gasteiger partial charge in [0.1, 0.15) is 0 Å². The normalized spacial score (nSPS) is 24.9. The van der Waals surface area contributed by atoms with Gasteiger partial charge in [0, 0.05) is 13.2 Å². The van der Waals surface area contributed by atoms with Crippen LogP contribution in [0.25, 0.3) is 0 Å². The Morgan fingerprint density at radius 1 is 1.46 bits per heavy atom. The summed E-state index contributed by atoms with van der Waals surface area (Å²) < 4.78 is 5.69. The van der Waals surface area contributed by atoms with E-state index in [1.165, 1.54) is 25.7 Å². The molecule has 2 heteroatoms. The summed E-state index contributed by atoms with van der Waals surface area (Å²) in [4.78, 5) is 0. The van der Waals surface area contributed by atoms with Crippen LogP contribution in [0.1, 0.15) is 39.5 Å². The fourth-order valence-electron chi connectivity index (χ4n) is 2.47. The van der Waals surface area contributed by atoms with Crippen LogP contribution in [-0.2, 0) is 4.74 Å². The van der Waals surface area contributed by atoms with Crippen molar-refractivity contribution in [3.05, 3.63) is 0 Å². The molecular weight excluding hydrogens is 162 g/mol. The van der Waals surface area contributed by atoms with Gasteiger partial charge in [0.05, 0.1) is 5.60 Å². The molecule has 0 aromatic carbocycles. The van der Waals surface area contributed by atoms with Gasteiger partial charge in [-0.1, -0.05) is 20.3 Å². The molecule has 0 saturated heterocycles. The summed E-state index contributed by atoms with van der Waals surface area (Å²) in [7, 11) is 3.90. The zero-order chi connectivity index (χ0) is 9.90. The van der Waals surface area contributed by atoms with Gasteiger partial charge in [-0.3, -0.25) is 0 Å². The highest BCUT2D eigenvalue weighted by atomic mass is 16.5. The summed E-state index contributed by atoms with van der Waals surface area (Å²) in [6, 6.07) is 0.524. The molecule has 78 valence electrons. The molecule has 0 amide bonds. The predicted molar refractivity (Wildman–Crippen MR) is 55.9 cm³/mol. The van der Waals surface area contributed by atoms with E-state index < -0.39 is 0 Å². The van der Waals surface area contributed by atoms with Crippen molar-refractivity contribution in [2.75, 3.05) is 14.2 Å². The van der Waals surface area contributed by atoms with Crippen LogP contribution in [0, 0.1) is 5.92 Å². The zero-order valence-corrected chi connectivity index (χ0v) is 9.39. The van der Waals surface area contributed by atoms with Gasteiger partial charge in [-0.25, -0.2) is 0 Å². The van der Waals surface area contributed by atoms with Crippen molar-refractivity contribution in [2.24, 2.45) is 5.92 Å². The maximum absolute atomic E-state index is 5.69. The van der Waals surface area contributed by atoms with E-state index in [-0.39, 0.29) is 5.60 Å². The van der Waals surface area contributed by atoms with Crippen molar-refractivity contribution >= 4 is 0 Å². The number of nitrogens with one attached hydrogen (secondary N) is 1. The third-order valence-corrected chi connectivity index (χ3v) is 3.70. The molecule has 1 aliphatic rings. The van der Waals surface area contributed by atoms with E-state index in [9.17, 15) is 0 Å². The van der Waals surface area contributed by atoms with E-state index in [0.717, 1.165) is 0 Å². The number of ether oxygens (including phenoxy) is 1. The predicted octanol–water partition coefficient (Wildman–Crippen LogP) is 2.19. The van der Waals surface area contributed by atoms with Crippen molar-refractivity contribution in [3.8, 4) is 0 Å². The van der Waals surface area contributed by atoms with Crippen LogP contribution in [0.4, 0.5) is 0 Å². The van der Waals surface area contributed by atoms with E-state index in [1.807, 2.05) is 7.11 Å². The lowest BCUT2D eigenvalue weighted by Crippen LogP contribution is -2.58. The molecule has 2 atom stereocenters. The number of methoxy groups -OCH3 is 1. The first-order valence-electron chi connectivity index (χ1n) is 5.42. The summed E-state index contributed by atoms with van der Waals surface area (Å²) in [5.41, 5.74) is 0.143. The van der Waals surface area contributed by atoms with Crippen LogP contribution in [0.15, 0.2) is 0 Å². The first kappa shape index (κ1) is 11.0. The minimum atomic E-state index is 0.143. The van der Waals surface area contributed by atoms with Crippen molar-refractivity contribution in [1.82, 2.24) is 5.32 Å². The lowest BCUT2D eigenvalue weighted by atomic mass is 9.70. The topological polar surface area (TPSA) is 21.3 Å². The number of hydrogen-bond donors (Lipinski definition) is 1. The zero-order valence-electron chi connectivity index (χ0n) is 9.39. The average Bonchev–Trinajstić information content (AvgIpc) is 2.10. The molecule has 0 heterocycles. The van der Waals surface area contributed by atoms with Crippen LogP contribution in [0.3, 0.4) is 0 Å². The highest BCUT2D eigenvalue weighted by molar-refractivity contribution is 5.00. The Bertz CT molecular complexity index is 149. The third-order valence-electron chi connectivity index (χ3n) is 3.70. The highest BCUT2D eigenvalue weighted by Crippen LogP contribution is 2.40. The summed E-state index contributed by atoms with van der Waals surface area (Å²) in [6.07, 6.45) is 4.98. The monoisotopic (exact) mass is 185 g/mol. The molecule has 2 unspecified atom stereocenters. The standard InChI is InChI=1S/C11H23NO/c1-5-9(2)10(12-3)11(13-4)7-6-8-11/h9-10,12H,5-8H2,1-4H3. The van der Waals surface area contributed by atoms with E-state index in [0.29, 0.717) is 12.0 Å². The highest BCUT2D eigenvalue weighted by Gasteiger charge is 2.45. The van der Waals surface area contributed by atoms with Crippen LogP contribution >= 0.6 is 0 Å². The molecule has 1 N–H and O–H groups in total. The Labute approximate surface area is 82.0 Å². The largest absolute Gasteiger partial charge is 0.377 e. The van der Waals surface area contributed by atoms with Crippen LogP contribution in [0.5, 0.6) is 0 Å². The van der Waals surface area contributed by atoms with E-state index >= 15 is 0 Å². The van der Waals surface area contributed by atoms with Gasteiger partial charge in [-0.2, -0.15) is 0 Å². The van der Waals surface area contributed by atoms with Crippen molar-refractivity contribution < 1.29 is 4.74 Å². The lowest BCUT2D eigenvalue weighted by Gasteiger charge is -2.48. The number of likely N-dealkylation sites (N-methyl/N-ethyl adjacent to an activating group) is 1. The smallest absolute Gasteiger partial charge is 0.0833 e. The molecule has 0 radical (unpaired) electrons. The summed E-state index contributed by atoms with van der Waals surface area (Å²) in [6.45, 7) is 4.55. The molecule has 0 spiro atoms. The van der Waals surface area contributed by atoms with Gasteiger partial charge in [0.2, 0.25) is 0 Å². The molecule has 1 saturated carbocycles. The number of rotatable bonds is 5. The minimum absolute atomic E-state index is 0.143. The first-order valence-corrected chi connectivity index (χ1v) is 5.42. The van der Waals surface area contributed by atoms with Crippen molar-refractivity contribution in [2.45, 2.75) is 51.2 Å². The molecule has 0 aliphatic heterocycles. The summed E-state index contributed by atoms with van der Waals surface area (Å²) in [5, 5.41) is 3.42. The van der Waals surface area contributed by atoms with Gasteiger partial charge in [-0.15, -0.1) is 0 Å². The van der Waals surface area contributed by atoms with Gasteiger partial charge < -0.3 is 10.1 Å². The average molecular weight is 185 g/mol. The molecule has 13 heavy (non-hydrogen) atoms. The van der Waals surface area contributed by atoms with Crippen LogP contribution in [-0.4, -0.2) is 25.8 Å². The SMILES string of the molecule is CCC(C)C(NC)C1(OC)CCC1. The first-order chi connectivity index (χ1) is 6.20. The second-order valence-corrected chi connectivity index (χ2v) is 4.27. The Morgan fingerprint density at radius 3 is 2.31 bits per heavy atom. The fourth-order valence-corrected chi connectivity index (χ4v) is 2.47. The minimum Gasteiger partial charge on any atom is -0.377 e. The quantitative estimate of drug-likeness (QED) is 0.709. The maximum atomic E-state index is 5.69. The van der Waals surface area contributed by atoms with Gasteiger partial charge in [0.25, 0.3) is 0 Å². The fraction of sp³-hybridized carbons (Fsp3) is 1.00. The molecule has 1 fully saturated rings. The Hall–Kier alpha value is -0.0800. The molecule has 1 aliphatic carbocycles. The van der Waals surface area contributed by atoms with Crippen molar-refractivity contribution in [1.29, 1.82) is 0 Å². The summed E-state index contributed by atoms with van der Waals surface area (Å²) in [5.74, 6) is 0.699. The lowest BCUT2D eigenvalue weighted by molar-refractivity contribution is -0.108. The van der Waals surface area contributed by atoms with Crippen LogP contribution < -0.4 is 5.32 Å². The van der Waals surface area contributed by atoms with E-state index in [2.05, 4.69) is 26.2 Å². The van der Waals surface area contributed by atoms with Crippen molar-refractivity contribution in [3.63, 3.8) is 0 Å². The Morgan fingerprint density at radius 2 is 2.08 bits per heavy atom. The molecule has 0 bridgehead atoms. The molecule has 1 rings (SSSR count). The van der Waals surface area contributed by atoms with Crippen LogP contribution in [0.2, 0.25) is 0 Å². The van der Waals surface area contributed by atoms with E-state index in [4.69, 9.17) is 4.74 Å². The Kier molecular flexibility index (Phi) is 3.74. The molecular formula is C11H23NO. The third kappa shape index (κ3) is 1.89. The maximum Gasteiger partial charge on any atom is 0.0833 e. The van der Waals surface area contributed by atoms with Gasteiger partial charge >= 0.3 is 0 Å². The second kappa shape index (κ2) is 4.43. The molecule has 0 aromatic heterocycles. The van der Waals surface area contributed by atoms with Gasteiger partial charge in [0.15, 0.2) is 0 Å². The molecule has 2 nitrogen and oxygen atoms in total. The van der Waals surface area contributed by atoms with E-state index in [1.54, 1.807) is 0 Å².